The fourth-order valence-corrected chi connectivity index (χ4v) is 2.11. The summed E-state index contributed by atoms with van der Waals surface area (Å²) in [4.78, 5) is 0. The fraction of sp³-hybridized carbons (Fsp3) is 0.867. The van der Waals surface area contributed by atoms with E-state index >= 15 is 0 Å². The lowest BCUT2D eigenvalue weighted by molar-refractivity contribution is 0.294. The first-order chi connectivity index (χ1) is 6.85. The Labute approximate surface area is 97.2 Å². The first-order valence-electron chi connectivity index (χ1n) is 6.50. The maximum absolute atomic E-state index is 2.41. The van der Waals surface area contributed by atoms with Gasteiger partial charge < -0.3 is 0 Å². The van der Waals surface area contributed by atoms with E-state index in [1.807, 2.05) is 0 Å². The third-order valence-corrected chi connectivity index (χ3v) is 2.91. The standard InChI is InChI=1S/C15H30/c1-7-13(2)10-8-9-11-14(3)12-15(4,5)6/h10,14H,7-9,11-12H2,1-6H3/b13-10+. The third kappa shape index (κ3) is 10.0. The van der Waals surface area contributed by atoms with Crippen molar-refractivity contribution in [2.24, 2.45) is 11.3 Å². The minimum absolute atomic E-state index is 0.495. The molecule has 0 aromatic carbocycles. The van der Waals surface area contributed by atoms with Gasteiger partial charge in [-0.15, -0.1) is 0 Å². The normalized spacial score (nSPS) is 15.5. The molecule has 1 atom stereocenters. The van der Waals surface area contributed by atoms with Crippen molar-refractivity contribution in [3.05, 3.63) is 11.6 Å². The lowest BCUT2D eigenvalue weighted by atomic mass is 9.83. The topological polar surface area (TPSA) is 0 Å². The second-order valence-electron chi connectivity index (χ2n) is 6.20. The van der Waals surface area contributed by atoms with E-state index in [0.717, 1.165) is 5.92 Å². The molecule has 0 aliphatic heterocycles. The minimum atomic E-state index is 0.495. The van der Waals surface area contributed by atoms with Crippen molar-refractivity contribution in [2.75, 3.05) is 0 Å². The zero-order valence-electron chi connectivity index (χ0n) is 11.7. The van der Waals surface area contributed by atoms with Crippen LogP contribution in [-0.4, -0.2) is 0 Å². The van der Waals surface area contributed by atoms with Crippen molar-refractivity contribution < 1.29 is 0 Å². The Morgan fingerprint density at radius 2 is 1.87 bits per heavy atom. The quantitative estimate of drug-likeness (QED) is 0.396. The highest BCUT2D eigenvalue weighted by molar-refractivity contribution is 4.96. The average Bonchev–Trinajstić information content (AvgIpc) is 2.09. The summed E-state index contributed by atoms with van der Waals surface area (Å²) in [5, 5.41) is 0. The molecule has 15 heavy (non-hydrogen) atoms. The van der Waals surface area contributed by atoms with Crippen LogP contribution in [0.1, 0.15) is 73.6 Å². The van der Waals surface area contributed by atoms with Crippen molar-refractivity contribution in [3.8, 4) is 0 Å². The van der Waals surface area contributed by atoms with Crippen LogP contribution in [0.2, 0.25) is 0 Å². The van der Waals surface area contributed by atoms with Gasteiger partial charge in [0.2, 0.25) is 0 Å². The van der Waals surface area contributed by atoms with E-state index in [0.29, 0.717) is 5.41 Å². The molecule has 0 saturated heterocycles. The summed E-state index contributed by atoms with van der Waals surface area (Å²) in [5.41, 5.74) is 2.03. The van der Waals surface area contributed by atoms with E-state index < -0.39 is 0 Å². The molecule has 0 spiro atoms. The maximum Gasteiger partial charge on any atom is -0.0348 e. The first-order valence-corrected chi connectivity index (χ1v) is 6.50. The van der Waals surface area contributed by atoms with E-state index in [-0.39, 0.29) is 0 Å². The zero-order chi connectivity index (χ0) is 11.9. The SMILES string of the molecule is CC/C(C)=C/CCCC(C)CC(C)(C)C. The second kappa shape index (κ2) is 7.09. The molecule has 0 aliphatic rings. The predicted octanol–water partition coefficient (Wildman–Crippen LogP) is 5.59. The third-order valence-electron chi connectivity index (χ3n) is 2.91. The molecule has 0 aromatic rings. The van der Waals surface area contributed by atoms with Gasteiger partial charge in [0.1, 0.15) is 0 Å². The lowest BCUT2D eigenvalue weighted by Gasteiger charge is -2.23. The van der Waals surface area contributed by atoms with Crippen molar-refractivity contribution in [2.45, 2.75) is 73.6 Å². The molecule has 1 unspecified atom stereocenters. The average molecular weight is 210 g/mol. The molecular weight excluding hydrogens is 180 g/mol. The van der Waals surface area contributed by atoms with E-state index in [9.17, 15) is 0 Å². The van der Waals surface area contributed by atoms with Gasteiger partial charge in [0.25, 0.3) is 0 Å². The Hall–Kier alpha value is -0.260. The largest absolute Gasteiger partial charge is 0.0856 e. The van der Waals surface area contributed by atoms with Gasteiger partial charge in [0, 0.05) is 0 Å². The van der Waals surface area contributed by atoms with E-state index in [2.05, 4.69) is 47.6 Å². The van der Waals surface area contributed by atoms with Gasteiger partial charge in [0.05, 0.1) is 0 Å². The molecular formula is C15H30. The van der Waals surface area contributed by atoms with Crippen molar-refractivity contribution >= 4 is 0 Å². The maximum atomic E-state index is 2.41. The molecule has 0 aliphatic carbocycles. The molecule has 90 valence electrons. The molecule has 0 radical (unpaired) electrons. The predicted molar refractivity (Wildman–Crippen MR) is 71.1 cm³/mol. The smallest absolute Gasteiger partial charge is 0.0348 e. The molecule has 0 fully saturated rings. The van der Waals surface area contributed by atoms with Crippen LogP contribution < -0.4 is 0 Å². The Kier molecular flexibility index (Phi) is 6.96. The molecule has 0 heteroatoms. The Balaban J connectivity index is 3.60. The number of hydrogen-bond donors (Lipinski definition) is 0. The Morgan fingerprint density at radius 3 is 2.33 bits per heavy atom. The second-order valence-corrected chi connectivity index (χ2v) is 6.20. The molecule has 0 aromatic heterocycles. The van der Waals surface area contributed by atoms with Crippen LogP contribution in [0, 0.1) is 11.3 Å². The molecule has 0 rings (SSSR count). The van der Waals surface area contributed by atoms with Crippen LogP contribution in [0.4, 0.5) is 0 Å². The molecule has 0 amide bonds. The monoisotopic (exact) mass is 210 g/mol. The van der Waals surface area contributed by atoms with Gasteiger partial charge in [-0.25, -0.2) is 0 Å². The molecule has 0 saturated carbocycles. The van der Waals surface area contributed by atoms with Crippen molar-refractivity contribution in [1.82, 2.24) is 0 Å². The van der Waals surface area contributed by atoms with Crippen LogP contribution in [0.25, 0.3) is 0 Å². The van der Waals surface area contributed by atoms with E-state index in [1.54, 1.807) is 5.57 Å². The van der Waals surface area contributed by atoms with E-state index in [4.69, 9.17) is 0 Å². The minimum Gasteiger partial charge on any atom is -0.0856 e. The van der Waals surface area contributed by atoms with Gasteiger partial charge in [-0.05, 0) is 43.9 Å². The summed E-state index contributed by atoms with van der Waals surface area (Å²) in [6, 6.07) is 0. The number of allylic oxidation sites excluding steroid dienone is 2. The zero-order valence-corrected chi connectivity index (χ0v) is 11.7. The Morgan fingerprint density at radius 1 is 1.27 bits per heavy atom. The van der Waals surface area contributed by atoms with Gasteiger partial charge in [-0.2, -0.15) is 0 Å². The van der Waals surface area contributed by atoms with E-state index in [1.165, 1.54) is 32.1 Å². The highest BCUT2D eigenvalue weighted by Gasteiger charge is 2.14. The number of rotatable bonds is 6. The lowest BCUT2D eigenvalue weighted by Crippen LogP contribution is -2.10. The highest BCUT2D eigenvalue weighted by Crippen LogP contribution is 2.27. The van der Waals surface area contributed by atoms with Gasteiger partial charge in [0.15, 0.2) is 0 Å². The van der Waals surface area contributed by atoms with Crippen molar-refractivity contribution in [3.63, 3.8) is 0 Å². The summed E-state index contributed by atoms with van der Waals surface area (Å²) in [6.45, 7) is 13.9. The van der Waals surface area contributed by atoms with Gasteiger partial charge in [-0.1, -0.05) is 52.7 Å². The fourth-order valence-electron chi connectivity index (χ4n) is 2.11. The molecule has 0 nitrogen and oxygen atoms in total. The van der Waals surface area contributed by atoms with Crippen LogP contribution in [0.15, 0.2) is 11.6 Å². The summed E-state index contributed by atoms with van der Waals surface area (Å²) in [5.74, 6) is 0.875. The van der Waals surface area contributed by atoms with Crippen LogP contribution in [0.3, 0.4) is 0 Å². The van der Waals surface area contributed by atoms with Crippen LogP contribution >= 0.6 is 0 Å². The summed E-state index contributed by atoms with van der Waals surface area (Å²) in [6.07, 6.45) is 8.97. The summed E-state index contributed by atoms with van der Waals surface area (Å²) >= 11 is 0. The number of hydrogen-bond acceptors (Lipinski definition) is 0. The van der Waals surface area contributed by atoms with Gasteiger partial charge in [-0.3, -0.25) is 0 Å². The molecule has 0 heterocycles. The first kappa shape index (κ1) is 14.7. The van der Waals surface area contributed by atoms with Crippen molar-refractivity contribution in [1.29, 1.82) is 0 Å². The molecule has 0 N–H and O–H groups in total. The summed E-state index contributed by atoms with van der Waals surface area (Å²) < 4.78 is 0. The number of unbranched alkanes of at least 4 members (excludes halogenated alkanes) is 1. The van der Waals surface area contributed by atoms with Gasteiger partial charge >= 0.3 is 0 Å². The van der Waals surface area contributed by atoms with Crippen LogP contribution in [0.5, 0.6) is 0 Å². The Bertz CT molecular complexity index is 181. The van der Waals surface area contributed by atoms with Crippen LogP contribution in [-0.2, 0) is 0 Å². The molecule has 0 bridgehead atoms. The highest BCUT2D eigenvalue weighted by atomic mass is 14.2. The summed E-state index contributed by atoms with van der Waals surface area (Å²) in [7, 11) is 0.